The Bertz CT molecular complexity index is 1320. The highest BCUT2D eigenvalue weighted by Crippen LogP contribution is 2.33. The van der Waals surface area contributed by atoms with Crippen molar-refractivity contribution in [3.8, 4) is 11.3 Å². The third kappa shape index (κ3) is 4.35. The van der Waals surface area contributed by atoms with E-state index in [-0.39, 0.29) is 35.1 Å². The van der Waals surface area contributed by atoms with Crippen molar-refractivity contribution in [1.29, 1.82) is 0 Å². The predicted molar refractivity (Wildman–Crippen MR) is 119 cm³/mol. The van der Waals surface area contributed by atoms with Gasteiger partial charge in [-0.3, -0.25) is 14.2 Å². The number of fused-ring (bicyclic) bond motifs is 1. The Morgan fingerprint density at radius 3 is 2.52 bits per heavy atom. The summed E-state index contributed by atoms with van der Waals surface area (Å²) < 4.78 is 32.6. The van der Waals surface area contributed by atoms with Crippen LogP contribution in [0, 0.1) is 13.8 Å². The van der Waals surface area contributed by atoms with Gasteiger partial charge in [0.2, 0.25) is 5.91 Å². The largest absolute Gasteiger partial charge is 0.348 e. The highest BCUT2D eigenvalue weighted by Gasteiger charge is 2.23. The number of halogens is 2. The maximum absolute atomic E-state index is 13.9. The standard InChI is InChI=1S/C22H26F2N8O/c1-6-31-10-17(13(3)28-31)12(2)26-19(33)11-32-22-20(14(4)29-32)16(21(23)24)7-18(27-22)15-8-25-30(5)9-15/h7-10,12,21H,6,11H2,1-5H3,(H,26,33). The molecular weight excluding hydrogens is 430 g/mol. The Morgan fingerprint density at radius 1 is 1.15 bits per heavy atom. The number of aryl methyl sites for hydroxylation is 4. The van der Waals surface area contributed by atoms with Crippen LogP contribution in [0.5, 0.6) is 0 Å². The molecule has 0 saturated heterocycles. The number of hydrogen-bond donors (Lipinski definition) is 1. The zero-order valence-corrected chi connectivity index (χ0v) is 19.2. The fourth-order valence-corrected chi connectivity index (χ4v) is 3.99. The van der Waals surface area contributed by atoms with E-state index in [4.69, 9.17) is 0 Å². The Balaban J connectivity index is 1.66. The van der Waals surface area contributed by atoms with E-state index in [0.717, 1.165) is 17.8 Å². The minimum absolute atomic E-state index is 0.151. The van der Waals surface area contributed by atoms with Crippen LogP contribution in [0.15, 0.2) is 24.7 Å². The molecule has 0 aliphatic heterocycles. The van der Waals surface area contributed by atoms with Gasteiger partial charge in [-0.25, -0.2) is 18.4 Å². The molecule has 9 nitrogen and oxygen atoms in total. The fourth-order valence-electron chi connectivity index (χ4n) is 3.99. The van der Waals surface area contributed by atoms with E-state index in [0.29, 0.717) is 17.0 Å². The molecule has 1 atom stereocenters. The summed E-state index contributed by atoms with van der Waals surface area (Å²) in [5.41, 5.74) is 3.18. The molecule has 0 spiro atoms. The minimum atomic E-state index is -2.71. The topological polar surface area (TPSA) is 95.5 Å². The van der Waals surface area contributed by atoms with Crippen LogP contribution in [0.25, 0.3) is 22.3 Å². The summed E-state index contributed by atoms with van der Waals surface area (Å²) in [7, 11) is 1.74. The number of aromatic nitrogens is 7. The summed E-state index contributed by atoms with van der Waals surface area (Å²) in [6.07, 6.45) is 2.45. The van der Waals surface area contributed by atoms with Crippen LogP contribution in [-0.2, 0) is 24.9 Å². The third-order valence-corrected chi connectivity index (χ3v) is 5.59. The van der Waals surface area contributed by atoms with Gasteiger partial charge in [0.15, 0.2) is 5.65 Å². The third-order valence-electron chi connectivity index (χ3n) is 5.59. The van der Waals surface area contributed by atoms with E-state index in [1.807, 2.05) is 31.6 Å². The molecular formula is C22H26F2N8O. The average molecular weight is 457 g/mol. The molecule has 4 aromatic heterocycles. The SMILES string of the molecule is CCn1cc(C(C)NC(=O)Cn2nc(C)c3c(C(F)F)cc(-c4cnn(C)c4)nc32)c(C)n1. The first-order chi connectivity index (χ1) is 15.7. The second kappa shape index (κ2) is 8.72. The second-order valence-electron chi connectivity index (χ2n) is 8.06. The van der Waals surface area contributed by atoms with Gasteiger partial charge in [0.25, 0.3) is 6.43 Å². The number of alkyl halides is 2. The first kappa shape index (κ1) is 22.6. The van der Waals surface area contributed by atoms with Gasteiger partial charge in [-0.1, -0.05) is 0 Å². The van der Waals surface area contributed by atoms with Crippen LogP contribution < -0.4 is 5.32 Å². The predicted octanol–water partition coefficient (Wildman–Crippen LogP) is 3.48. The van der Waals surface area contributed by atoms with Crippen LogP contribution in [0.3, 0.4) is 0 Å². The number of hydrogen-bond acceptors (Lipinski definition) is 5. The summed E-state index contributed by atoms with van der Waals surface area (Å²) in [6.45, 7) is 7.98. The van der Waals surface area contributed by atoms with Gasteiger partial charge in [0.05, 0.1) is 34.7 Å². The molecule has 0 aliphatic rings. The number of carbonyl (C=O) groups is 1. The highest BCUT2D eigenvalue weighted by atomic mass is 19.3. The maximum Gasteiger partial charge on any atom is 0.264 e. The van der Waals surface area contributed by atoms with Crippen molar-refractivity contribution in [2.24, 2.45) is 7.05 Å². The fraction of sp³-hybridized carbons (Fsp3) is 0.409. The molecule has 4 heterocycles. The normalized spacial score (nSPS) is 12.6. The van der Waals surface area contributed by atoms with E-state index in [1.54, 1.807) is 31.0 Å². The van der Waals surface area contributed by atoms with Crippen molar-refractivity contribution >= 4 is 16.9 Å². The van der Waals surface area contributed by atoms with E-state index in [1.165, 1.54) is 10.7 Å². The molecule has 1 N–H and O–H groups in total. The quantitative estimate of drug-likeness (QED) is 0.459. The van der Waals surface area contributed by atoms with E-state index >= 15 is 0 Å². The molecule has 1 amide bonds. The van der Waals surface area contributed by atoms with Gasteiger partial charge in [0, 0.05) is 42.7 Å². The lowest BCUT2D eigenvalue weighted by Gasteiger charge is -2.13. The van der Waals surface area contributed by atoms with Crippen molar-refractivity contribution in [3.05, 3.63) is 47.2 Å². The lowest BCUT2D eigenvalue weighted by Crippen LogP contribution is -2.30. The number of amides is 1. The number of pyridine rings is 1. The zero-order chi connectivity index (χ0) is 23.9. The number of carbonyl (C=O) groups excluding carboxylic acids is 1. The minimum Gasteiger partial charge on any atom is -0.348 e. The summed E-state index contributed by atoms with van der Waals surface area (Å²) in [4.78, 5) is 17.4. The second-order valence-corrected chi connectivity index (χ2v) is 8.06. The molecule has 0 radical (unpaired) electrons. The van der Waals surface area contributed by atoms with Crippen molar-refractivity contribution < 1.29 is 13.6 Å². The smallest absolute Gasteiger partial charge is 0.264 e. The highest BCUT2D eigenvalue weighted by molar-refractivity contribution is 5.87. The van der Waals surface area contributed by atoms with Gasteiger partial charge in [-0.15, -0.1) is 0 Å². The monoisotopic (exact) mass is 456 g/mol. The van der Waals surface area contributed by atoms with Gasteiger partial charge in [-0.05, 0) is 33.8 Å². The van der Waals surface area contributed by atoms with Crippen LogP contribution in [0.2, 0.25) is 0 Å². The molecule has 33 heavy (non-hydrogen) atoms. The number of nitrogens with zero attached hydrogens (tertiary/aromatic N) is 7. The lowest BCUT2D eigenvalue weighted by atomic mass is 10.1. The van der Waals surface area contributed by atoms with Gasteiger partial charge < -0.3 is 5.32 Å². The Kier molecular flexibility index (Phi) is 5.96. The Morgan fingerprint density at radius 2 is 1.91 bits per heavy atom. The van der Waals surface area contributed by atoms with E-state index in [9.17, 15) is 13.6 Å². The molecule has 0 bridgehead atoms. The molecule has 4 rings (SSSR count). The molecule has 0 aromatic carbocycles. The molecule has 0 aliphatic carbocycles. The first-order valence-corrected chi connectivity index (χ1v) is 10.7. The maximum atomic E-state index is 13.9. The van der Waals surface area contributed by atoms with Crippen LogP contribution >= 0.6 is 0 Å². The van der Waals surface area contributed by atoms with Gasteiger partial charge in [0.1, 0.15) is 6.54 Å². The van der Waals surface area contributed by atoms with Crippen LogP contribution in [-0.4, -0.2) is 40.2 Å². The molecule has 174 valence electrons. The molecule has 1 unspecified atom stereocenters. The molecule has 11 heteroatoms. The summed E-state index contributed by atoms with van der Waals surface area (Å²) >= 11 is 0. The van der Waals surface area contributed by atoms with Gasteiger partial charge in [-0.2, -0.15) is 15.3 Å². The molecule has 0 saturated carbocycles. The molecule has 4 aromatic rings. The Hall–Kier alpha value is -3.63. The average Bonchev–Trinajstić information content (AvgIpc) is 3.44. The summed E-state index contributed by atoms with van der Waals surface area (Å²) in [5.74, 6) is -0.303. The van der Waals surface area contributed by atoms with Crippen LogP contribution in [0.4, 0.5) is 8.78 Å². The van der Waals surface area contributed by atoms with E-state index < -0.39 is 6.43 Å². The summed E-state index contributed by atoms with van der Waals surface area (Å²) in [5, 5.41) is 16.1. The zero-order valence-electron chi connectivity index (χ0n) is 19.2. The Labute approximate surface area is 189 Å². The van der Waals surface area contributed by atoms with E-state index in [2.05, 4.69) is 25.6 Å². The molecule has 0 fully saturated rings. The van der Waals surface area contributed by atoms with Crippen molar-refractivity contribution in [2.75, 3.05) is 0 Å². The first-order valence-electron chi connectivity index (χ1n) is 10.7. The van der Waals surface area contributed by atoms with Crippen molar-refractivity contribution in [3.63, 3.8) is 0 Å². The number of rotatable bonds is 7. The summed E-state index contributed by atoms with van der Waals surface area (Å²) in [6, 6.07) is 1.09. The number of nitrogens with one attached hydrogen (secondary N) is 1. The van der Waals surface area contributed by atoms with Crippen molar-refractivity contribution in [1.82, 2.24) is 39.6 Å². The van der Waals surface area contributed by atoms with Crippen molar-refractivity contribution in [2.45, 2.75) is 53.3 Å². The van der Waals surface area contributed by atoms with Gasteiger partial charge >= 0.3 is 0 Å². The van der Waals surface area contributed by atoms with Crippen LogP contribution in [0.1, 0.15) is 48.8 Å². The lowest BCUT2D eigenvalue weighted by molar-refractivity contribution is -0.122.